The van der Waals surface area contributed by atoms with Crippen molar-refractivity contribution in [2.24, 2.45) is 11.7 Å². The SMILES string of the molecule is C[C@H]1CC[C@@H](C(N)=O)CN1C(=O)c1n[nH]c2ccccc12. The molecule has 0 bridgehead atoms. The van der Waals surface area contributed by atoms with Gasteiger partial charge in [-0.15, -0.1) is 0 Å². The maximum absolute atomic E-state index is 12.7. The van der Waals surface area contributed by atoms with Gasteiger partial charge in [0.15, 0.2) is 5.69 Å². The number of H-pyrrole nitrogens is 1. The summed E-state index contributed by atoms with van der Waals surface area (Å²) in [7, 11) is 0. The predicted molar refractivity (Wildman–Crippen MR) is 78.5 cm³/mol. The van der Waals surface area contributed by atoms with Gasteiger partial charge in [-0.25, -0.2) is 0 Å². The molecule has 1 aliphatic rings. The fraction of sp³-hybridized carbons (Fsp3) is 0.400. The van der Waals surface area contributed by atoms with Gasteiger partial charge < -0.3 is 10.6 Å². The number of aromatic nitrogens is 2. The topological polar surface area (TPSA) is 92.1 Å². The van der Waals surface area contributed by atoms with Crippen LogP contribution in [0.3, 0.4) is 0 Å². The summed E-state index contributed by atoms with van der Waals surface area (Å²) < 4.78 is 0. The van der Waals surface area contributed by atoms with Crippen LogP contribution in [0.2, 0.25) is 0 Å². The van der Waals surface area contributed by atoms with Crippen molar-refractivity contribution in [2.45, 2.75) is 25.8 Å². The van der Waals surface area contributed by atoms with Crippen molar-refractivity contribution in [2.75, 3.05) is 6.54 Å². The minimum Gasteiger partial charge on any atom is -0.369 e. The smallest absolute Gasteiger partial charge is 0.275 e. The zero-order valence-electron chi connectivity index (χ0n) is 11.9. The number of carbonyl (C=O) groups excluding carboxylic acids is 2. The van der Waals surface area contributed by atoms with E-state index in [1.807, 2.05) is 31.2 Å². The Morgan fingerprint density at radius 2 is 2.10 bits per heavy atom. The predicted octanol–water partition coefficient (Wildman–Crippen LogP) is 1.29. The molecule has 1 fully saturated rings. The lowest BCUT2D eigenvalue weighted by Crippen LogP contribution is -2.48. The van der Waals surface area contributed by atoms with Crippen LogP contribution in [-0.2, 0) is 4.79 Å². The van der Waals surface area contributed by atoms with Crippen molar-refractivity contribution in [3.8, 4) is 0 Å². The number of carbonyl (C=O) groups is 2. The third-order valence-corrected chi connectivity index (χ3v) is 4.22. The highest BCUT2D eigenvalue weighted by molar-refractivity contribution is 6.04. The van der Waals surface area contributed by atoms with Crippen LogP contribution >= 0.6 is 0 Å². The van der Waals surface area contributed by atoms with Crippen molar-refractivity contribution < 1.29 is 9.59 Å². The lowest BCUT2D eigenvalue weighted by Gasteiger charge is -2.36. The number of benzene rings is 1. The summed E-state index contributed by atoms with van der Waals surface area (Å²) in [6.07, 6.45) is 1.52. The minimum atomic E-state index is -0.341. The van der Waals surface area contributed by atoms with E-state index in [4.69, 9.17) is 5.73 Å². The summed E-state index contributed by atoms with van der Waals surface area (Å²) in [5.41, 5.74) is 6.62. The first-order valence-corrected chi connectivity index (χ1v) is 7.11. The van der Waals surface area contributed by atoms with Crippen molar-refractivity contribution in [1.29, 1.82) is 0 Å². The standard InChI is InChI=1S/C15H18N4O2/c1-9-6-7-10(14(16)20)8-19(9)15(21)13-11-4-2-3-5-12(11)17-18-13/h2-5,9-10H,6-8H2,1H3,(H2,16,20)(H,17,18)/t9-,10+/m0/s1. The molecular weight excluding hydrogens is 268 g/mol. The van der Waals surface area contributed by atoms with Crippen molar-refractivity contribution in [3.63, 3.8) is 0 Å². The Bertz CT molecular complexity index is 694. The molecule has 2 atom stereocenters. The Labute approximate surface area is 122 Å². The van der Waals surface area contributed by atoms with Crippen LogP contribution in [0.25, 0.3) is 10.9 Å². The van der Waals surface area contributed by atoms with Crippen LogP contribution in [0.1, 0.15) is 30.3 Å². The molecule has 6 nitrogen and oxygen atoms in total. The van der Waals surface area contributed by atoms with Gasteiger partial charge in [-0.1, -0.05) is 18.2 Å². The maximum atomic E-state index is 12.7. The molecule has 1 aromatic heterocycles. The van der Waals surface area contributed by atoms with Crippen LogP contribution in [0.4, 0.5) is 0 Å². The molecule has 0 aliphatic carbocycles. The van der Waals surface area contributed by atoms with Gasteiger partial charge in [0.05, 0.1) is 11.4 Å². The molecule has 0 spiro atoms. The molecule has 21 heavy (non-hydrogen) atoms. The van der Waals surface area contributed by atoms with Gasteiger partial charge in [0.2, 0.25) is 5.91 Å². The quantitative estimate of drug-likeness (QED) is 0.871. The van der Waals surface area contributed by atoms with E-state index < -0.39 is 0 Å². The van der Waals surface area contributed by atoms with E-state index in [0.29, 0.717) is 12.2 Å². The van der Waals surface area contributed by atoms with Gasteiger partial charge in [0, 0.05) is 18.0 Å². The highest BCUT2D eigenvalue weighted by Crippen LogP contribution is 2.25. The number of nitrogens with zero attached hydrogens (tertiary/aromatic N) is 2. The average molecular weight is 286 g/mol. The molecule has 0 saturated carbocycles. The Balaban J connectivity index is 1.91. The van der Waals surface area contributed by atoms with E-state index in [2.05, 4.69) is 10.2 Å². The number of primary amides is 1. The number of para-hydroxylation sites is 1. The van der Waals surface area contributed by atoms with Crippen LogP contribution in [-0.4, -0.2) is 39.5 Å². The second kappa shape index (κ2) is 5.20. The highest BCUT2D eigenvalue weighted by Gasteiger charge is 2.33. The van der Waals surface area contributed by atoms with Crippen LogP contribution in [0, 0.1) is 5.92 Å². The molecule has 0 radical (unpaired) electrons. The molecule has 0 unspecified atom stereocenters. The second-order valence-corrected chi connectivity index (χ2v) is 5.60. The van der Waals surface area contributed by atoms with Gasteiger partial charge in [-0.2, -0.15) is 5.10 Å². The molecule has 6 heteroatoms. The number of hydrogen-bond acceptors (Lipinski definition) is 3. The van der Waals surface area contributed by atoms with Crippen molar-refractivity contribution in [1.82, 2.24) is 15.1 Å². The molecule has 1 aromatic carbocycles. The molecule has 1 aliphatic heterocycles. The van der Waals surface area contributed by atoms with Crippen molar-refractivity contribution >= 4 is 22.7 Å². The summed E-state index contributed by atoms with van der Waals surface area (Å²) in [6, 6.07) is 7.60. The van der Waals surface area contributed by atoms with E-state index in [-0.39, 0.29) is 23.8 Å². The number of piperidine rings is 1. The normalized spacial score (nSPS) is 22.4. The van der Waals surface area contributed by atoms with E-state index in [0.717, 1.165) is 23.7 Å². The third-order valence-electron chi connectivity index (χ3n) is 4.22. The zero-order chi connectivity index (χ0) is 15.0. The molecule has 2 aromatic rings. The number of rotatable bonds is 2. The highest BCUT2D eigenvalue weighted by atomic mass is 16.2. The Kier molecular flexibility index (Phi) is 3.37. The largest absolute Gasteiger partial charge is 0.369 e. The molecular formula is C15H18N4O2. The summed E-state index contributed by atoms with van der Waals surface area (Å²) in [6.45, 7) is 2.36. The number of nitrogens with two attached hydrogens (primary N) is 1. The van der Waals surface area contributed by atoms with E-state index in [1.54, 1.807) is 4.90 Å². The lowest BCUT2D eigenvalue weighted by atomic mass is 9.92. The molecule has 2 amide bonds. The lowest BCUT2D eigenvalue weighted by molar-refractivity contribution is -0.123. The van der Waals surface area contributed by atoms with Gasteiger partial charge >= 0.3 is 0 Å². The number of aromatic amines is 1. The number of fused-ring (bicyclic) bond motifs is 1. The van der Waals surface area contributed by atoms with Gasteiger partial charge in [-0.3, -0.25) is 14.7 Å². The summed E-state index contributed by atoms with van der Waals surface area (Å²) in [5.74, 6) is -0.757. The molecule has 2 heterocycles. The van der Waals surface area contributed by atoms with Crippen LogP contribution < -0.4 is 5.73 Å². The molecule has 110 valence electrons. The first-order valence-electron chi connectivity index (χ1n) is 7.11. The summed E-state index contributed by atoms with van der Waals surface area (Å²) >= 11 is 0. The monoisotopic (exact) mass is 286 g/mol. The number of nitrogens with one attached hydrogen (secondary N) is 1. The zero-order valence-corrected chi connectivity index (χ0v) is 11.9. The molecule has 3 rings (SSSR count). The van der Waals surface area contributed by atoms with Gasteiger partial charge in [0.25, 0.3) is 5.91 Å². The Hall–Kier alpha value is -2.37. The number of hydrogen-bond donors (Lipinski definition) is 2. The van der Waals surface area contributed by atoms with Crippen LogP contribution in [0.15, 0.2) is 24.3 Å². The first-order chi connectivity index (χ1) is 10.1. The number of amides is 2. The van der Waals surface area contributed by atoms with Crippen molar-refractivity contribution in [3.05, 3.63) is 30.0 Å². The van der Waals surface area contributed by atoms with E-state index in [9.17, 15) is 9.59 Å². The second-order valence-electron chi connectivity index (χ2n) is 5.60. The van der Waals surface area contributed by atoms with Gasteiger partial charge in [-0.05, 0) is 25.8 Å². The summed E-state index contributed by atoms with van der Waals surface area (Å²) in [5, 5.41) is 7.81. The Morgan fingerprint density at radius 1 is 1.33 bits per heavy atom. The molecule has 3 N–H and O–H groups in total. The molecule has 1 saturated heterocycles. The fourth-order valence-corrected chi connectivity index (χ4v) is 2.88. The first kappa shape index (κ1) is 13.6. The third kappa shape index (κ3) is 2.37. The van der Waals surface area contributed by atoms with E-state index >= 15 is 0 Å². The van der Waals surface area contributed by atoms with Crippen LogP contribution in [0.5, 0.6) is 0 Å². The fourth-order valence-electron chi connectivity index (χ4n) is 2.88. The average Bonchev–Trinajstić information content (AvgIpc) is 2.90. The Morgan fingerprint density at radius 3 is 2.86 bits per heavy atom. The van der Waals surface area contributed by atoms with E-state index in [1.165, 1.54) is 0 Å². The maximum Gasteiger partial charge on any atom is 0.275 e. The van der Waals surface area contributed by atoms with Gasteiger partial charge in [0.1, 0.15) is 0 Å². The minimum absolute atomic E-state index is 0.0866. The summed E-state index contributed by atoms with van der Waals surface area (Å²) in [4.78, 5) is 25.8. The number of likely N-dealkylation sites (tertiary alicyclic amines) is 1.